The van der Waals surface area contributed by atoms with Crippen molar-refractivity contribution in [2.24, 2.45) is 5.73 Å². The van der Waals surface area contributed by atoms with E-state index in [1.54, 1.807) is 19.5 Å². The van der Waals surface area contributed by atoms with Crippen molar-refractivity contribution in [2.45, 2.75) is 6.04 Å². The molecule has 0 radical (unpaired) electrons. The molecule has 1 atom stereocenters. The van der Waals surface area contributed by atoms with Gasteiger partial charge in [0.05, 0.1) is 13.2 Å². The minimum atomic E-state index is 0.0695. The Kier molecular flexibility index (Phi) is 4.15. The van der Waals surface area contributed by atoms with Crippen LogP contribution in [0.5, 0.6) is 5.75 Å². The first-order chi connectivity index (χ1) is 8.83. The fourth-order valence-electron chi connectivity index (χ4n) is 1.79. The van der Waals surface area contributed by atoms with Gasteiger partial charge < -0.3 is 15.8 Å². The van der Waals surface area contributed by atoms with Crippen LogP contribution in [0.25, 0.3) is 0 Å². The molecule has 4 nitrogen and oxygen atoms in total. The van der Waals surface area contributed by atoms with Crippen LogP contribution in [0, 0.1) is 0 Å². The third-order valence-corrected chi connectivity index (χ3v) is 2.75. The summed E-state index contributed by atoms with van der Waals surface area (Å²) in [6, 6.07) is 11.8. The van der Waals surface area contributed by atoms with Crippen LogP contribution in [0.3, 0.4) is 0 Å². The quantitative estimate of drug-likeness (QED) is 0.845. The molecular formula is C14H17N3O. The smallest absolute Gasteiger partial charge is 0.120 e. The molecule has 0 aliphatic carbocycles. The van der Waals surface area contributed by atoms with E-state index in [0.29, 0.717) is 6.54 Å². The molecule has 2 aromatic rings. The summed E-state index contributed by atoms with van der Waals surface area (Å²) in [5, 5.41) is 3.39. The molecule has 0 spiro atoms. The van der Waals surface area contributed by atoms with Gasteiger partial charge in [-0.3, -0.25) is 4.98 Å². The van der Waals surface area contributed by atoms with Crippen LogP contribution in [0.15, 0.2) is 48.8 Å². The highest BCUT2D eigenvalue weighted by Crippen LogP contribution is 2.21. The van der Waals surface area contributed by atoms with Gasteiger partial charge in [-0.2, -0.15) is 0 Å². The third kappa shape index (κ3) is 2.99. The van der Waals surface area contributed by atoms with Crippen LogP contribution in [0.1, 0.15) is 11.6 Å². The lowest BCUT2D eigenvalue weighted by Crippen LogP contribution is -2.20. The molecule has 0 amide bonds. The molecule has 2 rings (SSSR count). The van der Waals surface area contributed by atoms with Crippen LogP contribution >= 0.6 is 0 Å². The number of rotatable bonds is 5. The van der Waals surface area contributed by atoms with Crippen molar-refractivity contribution in [1.82, 2.24) is 4.98 Å². The van der Waals surface area contributed by atoms with Crippen LogP contribution in [0.4, 0.5) is 5.69 Å². The fraction of sp³-hybridized carbons (Fsp3) is 0.214. The van der Waals surface area contributed by atoms with Gasteiger partial charge in [-0.1, -0.05) is 6.07 Å². The molecule has 0 bridgehead atoms. The largest absolute Gasteiger partial charge is 0.497 e. The number of hydrogen-bond acceptors (Lipinski definition) is 4. The molecule has 94 valence electrons. The number of hydrogen-bond donors (Lipinski definition) is 2. The standard InChI is InChI=1S/C14H17N3O/c1-18-13-4-2-3-12(9-13)17-14(10-15)11-5-7-16-8-6-11/h2-9,14,17H,10,15H2,1H3. The average molecular weight is 243 g/mol. The Hall–Kier alpha value is -2.07. The Balaban J connectivity index is 2.15. The summed E-state index contributed by atoms with van der Waals surface area (Å²) < 4.78 is 5.19. The van der Waals surface area contributed by atoms with Crippen molar-refractivity contribution < 1.29 is 4.74 Å². The van der Waals surface area contributed by atoms with Crippen molar-refractivity contribution in [1.29, 1.82) is 0 Å². The van der Waals surface area contributed by atoms with E-state index in [2.05, 4.69) is 10.3 Å². The predicted molar refractivity (Wildman–Crippen MR) is 72.6 cm³/mol. The highest BCUT2D eigenvalue weighted by atomic mass is 16.5. The first kappa shape index (κ1) is 12.4. The maximum atomic E-state index is 5.81. The maximum Gasteiger partial charge on any atom is 0.120 e. The normalized spacial score (nSPS) is 11.9. The van der Waals surface area contributed by atoms with Crippen molar-refractivity contribution >= 4 is 5.69 Å². The molecule has 0 fully saturated rings. The molecule has 0 saturated carbocycles. The zero-order chi connectivity index (χ0) is 12.8. The van der Waals surface area contributed by atoms with Gasteiger partial charge in [-0.15, -0.1) is 0 Å². The average Bonchev–Trinajstić information content (AvgIpc) is 2.46. The number of methoxy groups -OCH3 is 1. The van der Waals surface area contributed by atoms with E-state index in [0.717, 1.165) is 17.0 Å². The Morgan fingerprint density at radius 2 is 2.06 bits per heavy atom. The van der Waals surface area contributed by atoms with Gasteiger partial charge in [-0.05, 0) is 29.8 Å². The van der Waals surface area contributed by atoms with Gasteiger partial charge in [0.1, 0.15) is 5.75 Å². The maximum absolute atomic E-state index is 5.81. The molecule has 3 N–H and O–H groups in total. The highest BCUT2D eigenvalue weighted by molar-refractivity contribution is 5.49. The summed E-state index contributed by atoms with van der Waals surface area (Å²) in [5.41, 5.74) is 7.92. The molecule has 0 aliphatic heterocycles. The molecule has 1 aromatic heterocycles. The zero-order valence-corrected chi connectivity index (χ0v) is 10.3. The summed E-state index contributed by atoms with van der Waals surface area (Å²) in [4.78, 5) is 4.01. The van der Waals surface area contributed by atoms with Crippen LogP contribution in [-0.2, 0) is 0 Å². The summed E-state index contributed by atoms with van der Waals surface area (Å²) in [5.74, 6) is 0.825. The molecule has 1 aromatic carbocycles. The fourth-order valence-corrected chi connectivity index (χ4v) is 1.79. The second-order valence-electron chi connectivity index (χ2n) is 3.95. The van der Waals surface area contributed by atoms with Gasteiger partial charge in [0.15, 0.2) is 0 Å². The van der Waals surface area contributed by atoms with Crippen molar-refractivity contribution in [3.63, 3.8) is 0 Å². The second-order valence-corrected chi connectivity index (χ2v) is 3.95. The number of ether oxygens (including phenoxy) is 1. The molecular weight excluding hydrogens is 226 g/mol. The monoisotopic (exact) mass is 243 g/mol. The lowest BCUT2D eigenvalue weighted by Gasteiger charge is -2.18. The number of nitrogens with zero attached hydrogens (tertiary/aromatic N) is 1. The van der Waals surface area contributed by atoms with E-state index in [4.69, 9.17) is 10.5 Å². The minimum Gasteiger partial charge on any atom is -0.497 e. The Morgan fingerprint density at radius 3 is 2.72 bits per heavy atom. The molecule has 18 heavy (non-hydrogen) atoms. The Labute approximate surface area is 107 Å². The summed E-state index contributed by atoms with van der Waals surface area (Å²) >= 11 is 0. The van der Waals surface area contributed by atoms with Crippen LogP contribution in [0.2, 0.25) is 0 Å². The molecule has 0 saturated heterocycles. The van der Waals surface area contributed by atoms with E-state index >= 15 is 0 Å². The minimum absolute atomic E-state index is 0.0695. The Bertz CT molecular complexity index is 487. The van der Waals surface area contributed by atoms with Crippen molar-refractivity contribution in [3.8, 4) is 5.75 Å². The number of anilines is 1. The molecule has 1 unspecified atom stereocenters. The summed E-state index contributed by atoms with van der Waals surface area (Å²) in [6.07, 6.45) is 3.54. The van der Waals surface area contributed by atoms with E-state index in [1.807, 2.05) is 36.4 Å². The zero-order valence-electron chi connectivity index (χ0n) is 10.3. The number of aromatic nitrogens is 1. The van der Waals surface area contributed by atoms with Gasteiger partial charge in [0.25, 0.3) is 0 Å². The lowest BCUT2D eigenvalue weighted by molar-refractivity contribution is 0.415. The summed E-state index contributed by atoms with van der Waals surface area (Å²) in [6.45, 7) is 0.515. The van der Waals surface area contributed by atoms with Crippen LogP contribution in [-0.4, -0.2) is 18.6 Å². The predicted octanol–water partition coefficient (Wildman–Crippen LogP) is 2.20. The van der Waals surface area contributed by atoms with Gasteiger partial charge >= 0.3 is 0 Å². The molecule has 1 heterocycles. The first-order valence-corrected chi connectivity index (χ1v) is 5.84. The van der Waals surface area contributed by atoms with E-state index < -0.39 is 0 Å². The third-order valence-electron chi connectivity index (χ3n) is 2.75. The van der Waals surface area contributed by atoms with Gasteiger partial charge in [0.2, 0.25) is 0 Å². The van der Waals surface area contributed by atoms with Gasteiger partial charge in [-0.25, -0.2) is 0 Å². The molecule has 4 heteroatoms. The van der Waals surface area contributed by atoms with Crippen molar-refractivity contribution in [2.75, 3.05) is 19.0 Å². The van der Waals surface area contributed by atoms with Gasteiger partial charge in [0, 0.05) is 30.7 Å². The SMILES string of the molecule is COc1cccc(NC(CN)c2ccncc2)c1. The van der Waals surface area contributed by atoms with Crippen LogP contribution < -0.4 is 15.8 Å². The van der Waals surface area contributed by atoms with E-state index in [1.165, 1.54) is 0 Å². The second kappa shape index (κ2) is 6.02. The topological polar surface area (TPSA) is 60.2 Å². The molecule has 0 aliphatic rings. The van der Waals surface area contributed by atoms with E-state index in [9.17, 15) is 0 Å². The number of benzene rings is 1. The number of pyridine rings is 1. The lowest BCUT2D eigenvalue weighted by atomic mass is 10.1. The van der Waals surface area contributed by atoms with E-state index in [-0.39, 0.29) is 6.04 Å². The summed E-state index contributed by atoms with van der Waals surface area (Å²) in [7, 11) is 1.66. The van der Waals surface area contributed by atoms with Crippen molar-refractivity contribution in [3.05, 3.63) is 54.4 Å². The first-order valence-electron chi connectivity index (χ1n) is 5.84. The number of nitrogens with two attached hydrogens (primary N) is 1. The number of nitrogens with one attached hydrogen (secondary N) is 1. The highest BCUT2D eigenvalue weighted by Gasteiger charge is 2.09. The Morgan fingerprint density at radius 1 is 1.28 bits per heavy atom.